The van der Waals surface area contributed by atoms with Gasteiger partial charge >= 0.3 is 0 Å². The van der Waals surface area contributed by atoms with E-state index in [1.165, 1.54) is 0 Å². The molecule has 0 aliphatic carbocycles. The molecule has 126 valence electrons. The van der Waals surface area contributed by atoms with E-state index in [1.54, 1.807) is 18.3 Å². The number of aliphatic hydroxyl groups excluding tert-OH is 1. The van der Waals surface area contributed by atoms with Gasteiger partial charge in [0.1, 0.15) is 0 Å². The summed E-state index contributed by atoms with van der Waals surface area (Å²) in [6.45, 7) is 5.10. The second kappa shape index (κ2) is 8.01. The van der Waals surface area contributed by atoms with Gasteiger partial charge in [0.05, 0.1) is 19.3 Å². The Kier molecular flexibility index (Phi) is 5.77. The van der Waals surface area contributed by atoms with Gasteiger partial charge in [-0.05, 0) is 30.8 Å². The number of ether oxygens (including phenoxy) is 1. The van der Waals surface area contributed by atoms with Crippen molar-refractivity contribution in [3.05, 3.63) is 34.2 Å². The first-order chi connectivity index (χ1) is 11.2. The van der Waals surface area contributed by atoms with E-state index in [0.717, 1.165) is 37.4 Å². The maximum Gasteiger partial charge on any atom is 0.216 e. The minimum absolute atomic E-state index is 0.255. The molecule has 0 saturated carbocycles. The SMILES string of the molecule is Cc1nnc(CCCN2CCOCC2CC(O)c2cccs2)o1. The predicted octanol–water partition coefficient (Wildman–Crippen LogP) is 2.20. The molecule has 1 fully saturated rings. The average Bonchev–Trinajstić information content (AvgIpc) is 3.21. The van der Waals surface area contributed by atoms with Crippen molar-refractivity contribution >= 4 is 11.3 Å². The van der Waals surface area contributed by atoms with E-state index >= 15 is 0 Å². The highest BCUT2D eigenvalue weighted by Gasteiger charge is 2.26. The van der Waals surface area contributed by atoms with Crippen molar-refractivity contribution in [2.45, 2.75) is 38.3 Å². The standard InChI is InChI=1S/C16H23N3O3S/c1-12-17-18-16(22-12)5-2-6-19-7-8-21-11-13(19)10-14(20)15-4-3-9-23-15/h3-4,9,13-14,20H,2,5-8,10-11H2,1H3. The summed E-state index contributed by atoms with van der Waals surface area (Å²) in [7, 11) is 0. The fourth-order valence-corrected chi connectivity index (χ4v) is 3.65. The first kappa shape index (κ1) is 16.6. The molecule has 1 saturated heterocycles. The smallest absolute Gasteiger partial charge is 0.216 e. The van der Waals surface area contributed by atoms with Crippen LogP contribution in [0.25, 0.3) is 0 Å². The Hall–Kier alpha value is -1.28. The summed E-state index contributed by atoms with van der Waals surface area (Å²) in [4.78, 5) is 3.43. The summed E-state index contributed by atoms with van der Waals surface area (Å²) in [6, 6.07) is 4.22. The summed E-state index contributed by atoms with van der Waals surface area (Å²) in [5.41, 5.74) is 0. The van der Waals surface area contributed by atoms with Crippen LogP contribution in [0.2, 0.25) is 0 Å². The molecule has 2 atom stereocenters. The van der Waals surface area contributed by atoms with Crippen molar-refractivity contribution in [1.29, 1.82) is 0 Å². The zero-order valence-corrected chi connectivity index (χ0v) is 14.2. The van der Waals surface area contributed by atoms with E-state index in [9.17, 15) is 5.11 Å². The van der Waals surface area contributed by atoms with Crippen LogP contribution in [0, 0.1) is 6.92 Å². The molecule has 2 aromatic rings. The molecule has 1 aliphatic heterocycles. The molecule has 0 aromatic carbocycles. The van der Waals surface area contributed by atoms with Gasteiger partial charge in [0.2, 0.25) is 11.8 Å². The molecule has 7 heteroatoms. The van der Waals surface area contributed by atoms with Crippen LogP contribution in [0.5, 0.6) is 0 Å². The second-order valence-electron chi connectivity index (χ2n) is 5.85. The van der Waals surface area contributed by atoms with Gasteiger partial charge in [-0.1, -0.05) is 6.07 Å². The highest BCUT2D eigenvalue weighted by atomic mass is 32.1. The Bertz CT molecular complexity index is 587. The molecule has 3 heterocycles. The fourth-order valence-electron chi connectivity index (χ4n) is 2.93. The largest absolute Gasteiger partial charge is 0.426 e. The molecule has 6 nitrogen and oxygen atoms in total. The van der Waals surface area contributed by atoms with Crippen molar-refractivity contribution in [3.8, 4) is 0 Å². The van der Waals surface area contributed by atoms with Crippen molar-refractivity contribution < 1.29 is 14.3 Å². The summed E-state index contributed by atoms with van der Waals surface area (Å²) >= 11 is 1.60. The van der Waals surface area contributed by atoms with Crippen LogP contribution >= 0.6 is 11.3 Å². The second-order valence-corrected chi connectivity index (χ2v) is 6.83. The molecule has 23 heavy (non-hydrogen) atoms. The molecule has 3 rings (SSSR count). The Morgan fingerprint density at radius 1 is 1.48 bits per heavy atom. The van der Waals surface area contributed by atoms with Crippen molar-refractivity contribution in [3.63, 3.8) is 0 Å². The average molecular weight is 337 g/mol. The molecule has 1 N–H and O–H groups in total. The lowest BCUT2D eigenvalue weighted by molar-refractivity contribution is -0.0261. The van der Waals surface area contributed by atoms with Crippen molar-refractivity contribution in [1.82, 2.24) is 15.1 Å². The minimum atomic E-state index is -0.414. The number of aliphatic hydroxyl groups is 1. The lowest BCUT2D eigenvalue weighted by Gasteiger charge is -2.36. The van der Waals surface area contributed by atoms with Gasteiger partial charge in [-0.15, -0.1) is 21.5 Å². The van der Waals surface area contributed by atoms with Crippen LogP contribution in [0.15, 0.2) is 21.9 Å². The topological polar surface area (TPSA) is 71.6 Å². The van der Waals surface area contributed by atoms with Crippen molar-refractivity contribution in [2.75, 3.05) is 26.3 Å². The van der Waals surface area contributed by atoms with Gasteiger partial charge in [-0.25, -0.2) is 0 Å². The fraction of sp³-hybridized carbons (Fsp3) is 0.625. The van der Waals surface area contributed by atoms with Gasteiger partial charge in [0.15, 0.2) is 0 Å². The highest BCUT2D eigenvalue weighted by Crippen LogP contribution is 2.26. The Labute approximate surface area is 140 Å². The molecular formula is C16H23N3O3S. The quantitative estimate of drug-likeness (QED) is 0.835. The Balaban J connectivity index is 1.49. The lowest BCUT2D eigenvalue weighted by atomic mass is 10.1. The Morgan fingerprint density at radius 3 is 3.13 bits per heavy atom. The number of hydrogen-bond donors (Lipinski definition) is 1. The van der Waals surface area contributed by atoms with Crippen LogP contribution in [0.1, 0.15) is 35.6 Å². The molecule has 1 aliphatic rings. The third-order valence-corrected chi connectivity index (χ3v) is 5.09. The molecule has 2 aromatic heterocycles. The van der Waals surface area contributed by atoms with Crippen LogP contribution < -0.4 is 0 Å². The van der Waals surface area contributed by atoms with Gasteiger partial charge in [0.25, 0.3) is 0 Å². The summed E-state index contributed by atoms with van der Waals surface area (Å²) in [5, 5.41) is 20.3. The zero-order chi connectivity index (χ0) is 16.1. The number of rotatable bonds is 7. The van der Waals surface area contributed by atoms with E-state index in [2.05, 4.69) is 15.1 Å². The monoisotopic (exact) mass is 337 g/mol. The van der Waals surface area contributed by atoms with E-state index in [-0.39, 0.29) is 6.04 Å². The maximum absolute atomic E-state index is 10.4. The maximum atomic E-state index is 10.4. The van der Waals surface area contributed by atoms with Crippen LogP contribution in [0.3, 0.4) is 0 Å². The van der Waals surface area contributed by atoms with E-state index in [0.29, 0.717) is 24.8 Å². The van der Waals surface area contributed by atoms with Gasteiger partial charge < -0.3 is 14.3 Å². The van der Waals surface area contributed by atoms with Gasteiger partial charge in [0, 0.05) is 30.8 Å². The normalized spacial score (nSPS) is 20.7. The van der Waals surface area contributed by atoms with Crippen LogP contribution in [-0.4, -0.2) is 52.5 Å². The molecule has 0 radical (unpaired) electrons. The first-order valence-corrected chi connectivity index (χ1v) is 8.92. The Morgan fingerprint density at radius 2 is 2.39 bits per heavy atom. The summed E-state index contributed by atoms with van der Waals surface area (Å²) in [6.07, 6.45) is 2.05. The van der Waals surface area contributed by atoms with Crippen LogP contribution in [-0.2, 0) is 11.2 Å². The van der Waals surface area contributed by atoms with Gasteiger partial charge in [-0.2, -0.15) is 0 Å². The molecule has 0 amide bonds. The molecular weight excluding hydrogens is 314 g/mol. The van der Waals surface area contributed by atoms with Crippen molar-refractivity contribution in [2.24, 2.45) is 0 Å². The molecule has 0 bridgehead atoms. The number of morpholine rings is 1. The molecule has 0 spiro atoms. The number of hydrogen-bond acceptors (Lipinski definition) is 7. The number of nitrogens with zero attached hydrogens (tertiary/aromatic N) is 3. The predicted molar refractivity (Wildman–Crippen MR) is 87.4 cm³/mol. The van der Waals surface area contributed by atoms with E-state index in [1.807, 2.05) is 17.5 Å². The highest BCUT2D eigenvalue weighted by molar-refractivity contribution is 7.10. The minimum Gasteiger partial charge on any atom is -0.426 e. The third kappa shape index (κ3) is 4.60. The van der Waals surface area contributed by atoms with Crippen LogP contribution in [0.4, 0.5) is 0 Å². The third-order valence-electron chi connectivity index (χ3n) is 4.12. The first-order valence-electron chi connectivity index (χ1n) is 8.04. The van der Waals surface area contributed by atoms with E-state index < -0.39 is 6.10 Å². The lowest BCUT2D eigenvalue weighted by Crippen LogP contribution is -2.46. The zero-order valence-electron chi connectivity index (χ0n) is 13.4. The summed E-state index contributed by atoms with van der Waals surface area (Å²) in [5.74, 6) is 1.31. The summed E-state index contributed by atoms with van der Waals surface area (Å²) < 4.78 is 11.0. The number of thiophene rings is 1. The molecule has 2 unspecified atom stereocenters. The number of aryl methyl sites for hydroxylation is 2. The van der Waals surface area contributed by atoms with Gasteiger partial charge in [-0.3, -0.25) is 4.90 Å². The van der Waals surface area contributed by atoms with E-state index in [4.69, 9.17) is 9.15 Å². The number of aromatic nitrogens is 2.